The average Bonchev–Trinajstić information content (AvgIpc) is 2.38. The summed E-state index contributed by atoms with van der Waals surface area (Å²) in [4.78, 5) is 13.8. The van der Waals surface area contributed by atoms with Gasteiger partial charge in [0.2, 0.25) is 0 Å². The minimum atomic E-state index is -0.947. The quantitative estimate of drug-likeness (QED) is 0.718. The highest BCUT2D eigenvalue weighted by Gasteiger charge is 2.20. The molecule has 0 aliphatic rings. The zero-order valence-corrected chi connectivity index (χ0v) is 13.6. The average molecular weight is 292 g/mol. The van der Waals surface area contributed by atoms with Gasteiger partial charge in [-0.3, -0.25) is 4.90 Å². The van der Waals surface area contributed by atoms with E-state index < -0.39 is 5.97 Å². The van der Waals surface area contributed by atoms with E-state index in [1.54, 1.807) is 6.07 Å². The van der Waals surface area contributed by atoms with Crippen LogP contribution in [0.5, 0.6) is 0 Å². The predicted molar refractivity (Wildman–Crippen MR) is 87.4 cm³/mol. The van der Waals surface area contributed by atoms with Gasteiger partial charge in [0.25, 0.3) is 0 Å². The van der Waals surface area contributed by atoms with Gasteiger partial charge in [0.1, 0.15) is 0 Å². The first kappa shape index (κ1) is 17.5. The van der Waals surface area contributed by atoms with Crippen LogP contribution in [-0.4, -0.2) is 28.6 Å². The van der Waals surface area contributed by atoms with Crippen molar-refractivity contribution in [2.75, 3.05) is 12.3 Å². The van der Waals surface area contributed by atoms with Crippen molar-refractivity contribution >= 4 is 11.7 Å². The molecule has 0 unspecified atom stereocenters. The van der Waals surface area contributed by atoms with Crippen LogP contribution in [0.1, 0.15) is 56.5 Å². The molecule has 0 bridgehead atoms. The molecule has 0 saturated carbocycles. The molecule has 0 radical (unpaired) electrons. The second kappa shape index (κ2) is 8.03. The van der Waals surface area contributed by atoms with E-state index in [1.807, 2.05) is 12.1 Å². The lowest BCUT2D eigenvalue weighted by Crippen LogP contribution is -2.37. The highest BCUT2D eigenvalue weighted by Crippen LogP contribution is 2.22. The van der Waals surface area contributed by atoms with Gasteiger partial charge >= 0.3 is 5.97 Å². The normalized spacial score (nSPS) is 11.6. The largest absolute Gasteiger partial charge is 0.478 e. The number of hydrogen-bond donors (Lipinski definition) is 2. The lowest BCUT2D eigenvalue weighted by molar-refractivity contribution is 0.0694. The molecule has 1 aromatic carbocycles. The Hall–Kier alpha value is -1.55. The van der Waals surface area contributed by atoms with Gasteiger partial charge < -0.3 is 10.8 Å². The van der Waals surface area contributed by atoms with Crippen molar-refractivity contribution < 1.29 is 9.90 Å². The third kappa shape index (κ3) is 4.74. The number of carboxylic acids is 1. The monoisotopic (exact) mass is 292 g/mol. The number of nitrogens with zero attached hydrogens (tertiary/aromatic N) is 1. The first-order valence-corrected chi connectivity index (χ1v) is 7.75. The molecular formula is C17H28N2O2. The van der Waals surface area contributed by atoms with E-state index in [-0.39, 0.29) is 5.56 Å². The van der Waals surface area contributed by atoms with Crippen LogP contribution in [0.2, 0.25) is 0 Å². The Balaban J connectivity index is 3.08. The number of carboxylic acid groups (broad SMARTS) is 1. The first-order chi connectivity index (χ1) is 9.90. The molecule has 3 N–H and O–H groups in total. The van der Waals surface area contributed by atoms with Crippen LogP contribution < -0.4 is 5.73 Å². The minimum Gasteiger partial charge on any atom is -0.478 e. The molecule has 0 fully saturated rings. The van der Waals surface area contributed by atoms with Crippen molar-refractivity contribution in [3.63, 3.8) is 0 Å². The maximum Gasteiger partial charge on any atom is 0.338 e. The SMILES string of the molecule is CCC(CC)N(Cc1cccc(N)c1C(=O)O)CC(C)C. The third-order valence-electron chi connectivity index (χ3n) is 3.83. The Kier molecular flexibility index (Phi) is 6.69. The molecule has 0 heterocycles. The van der Waals surface area contributed by atoms with Crippen LogP contribution >= 0.6 is 0 Å². The molecule has 4 nitrogen and oxygen atoms in total. The van der Waals surface area contributed by atoms with Crippen molar-refractivity contribution in [3.8, 4) is 0 Å². The van der Waals surface area contributed by atoms with Crippen LogP contribution in [0.4, 0.5) is 5.69 Å². The van der Waals surface area contributed by atoms with E-state index in [1.165, 1.54) is 0 Å². The summed E-state index contributed by atoms with van der Waals surface area (Å²) in [6.45, 7) is 10.3. The number of aromatic carboxylic acids is 1. The summed E-state index contributed by atoms with van der Waals surface area (Å²) in [5.74, 6) is -0.405. The molecule has 1 rings (SSSR count). The van der Waals surface area contributed by atoms with Gasteiger partial charge in [0, 0.05) is 24.8 Å². The summed E-state index contributed by atoms with van der Waals surface area (Å²) < 4.78 is 0. The fourth-order valence-electron chi connectivity index (χ4n) is 2.85. The molecular weight excluding hydrogens is 264 g/mol. The van der Waals surface area contributed by atoms with Gasteiger partial charge in [-0.15, -0.1) is 0 Å². The molecule has 1 aromatic rings. The Morgan fingerprint density at radius 1 is 1.29 bits per heavy atom. The Morgan fingerprint density at radius 2 is 1.90 bits per heavy atom. The van der Waals surface area contributed by atoms with Crippen LogP contribution in [-0.2, 0) is 6.54 Å². The van der Waals surface area contributed by atoms with Crippen molar-refractivity contribution in [3.05, 3.63) is 29.3 Å². The molecule has 0 aliphatic heterocycles. The highest BCUT2D eigenvalue weighted by atomic mass is 16.4. The van der Waals surface area contributed by atoms with Crippen LogP contribution in [0.3, 0.4) is 0 Å². The fraction of sp³-hybridized carbons (Fsp3) is 0.588. The van der Waals surface area contributed by atoms with E-state index in [4.69, 9.17) is 5.73 Å². The molecule has 21 heavy (non-hydrogen) atoms. The van der Waals surface area contributed by atoms with Gasteiger partial charge in [-0.25, -0.2) is 4.79 Å². The summed E-state index contributed by atoms with van der Waals surface area (Å²) in [6.07, 6.45) is 2.13. The molecule has 0 aromatic heterocycles. The van der Waals surface area contributed by atoms with Gasteiger partial charge in [-0.2, -0.15) is 0 Å². The van der Waals surface area contributed by atoms with E-state index in [0.717, 1.165) is 24.9 Å². The number of rotatable bonds is 8. The molecule has 0 saturated heterocycles. The van der Waals surface area contributed by atoms with Crippen LogP contribution in [0.25, 0.3) is 0 Å². The molecule has 0 spiro atoms. The molecule has 118 valence electrons. The number of nitrogens with two attached hydrogens (primary N) is 1. The highest BCUT2D eigenvalue weighted by molar-refractivity contribution is 5.95. The minimum absolute atomic E-state index is 0.247. The molecule has 0 amide bonds. The summed E-state index contributed by atoms with van der Waals surface area (Å²) in [5, 5.41) is 9.40. The van der Waals surface area contributed by atoms with E-state index in [0.29, 0.717) is 24.2 Å². The van der Waals surface area contributed by atoms with Crippen molar-refractivity contribution in [1.82, 2.24) is 4.90 Å². The summed E-state index contributed by atoms with van der Waals surface area (Å²) in [7, 11) is 0. The van der Waals surface area contributed by atoms with Gasteiger partial charge in [-0.05, 0) is 30.4 Å². The second-order valence-corrected chi connectivity index (χ2v) is 5.98. The zero-order chi connectivity index (χ0) is 16.0. The number of anilines is 1. The van der Waals surface area contributed by atoms with Crippen molar-refractivity contribution in [1.29, 1.82) is 0 Å². The van der Waals surface area contributed by atoms with Gasteiger partial charge in [0.05, 0.1) is 5.56 Å². The Labute approximate surface area is 128 Å². The Morgan fingerprint density at radius 3 is 2.38 bits per heavy atom. The van der Waals surface area contributed by atoms with Crippen molar-refractivity contribution in [2.24, 2.45) is 5.92 Å². The standard InChI is InChI=1S/C17H28N2O2/c1-5-14(6-2)19(10-12(3)4)11-13-8-7-9-15(18)16(13)17(20)21/h7-9,12,14H,5-6,10-11,18H2,1-4H3,(H,20,21). The summed E-state index contributed by atoms with van der Waals surface area (Å²) in [5.41, 5.74) is 7.23. The van der Waals surface area contributed by atoms with Gasteiger partial charge in [-0.1, -0.05) is 39.8 Å². The van der Waals surface area contributed by atoms with E-state index >= 15 is 0 Å². The zero-order valence-electron chi connectivity index (χ0n) is 13.6. The van der Waals surface area contributed by atoms with Crippen LogP contribution in [0, 0.1) is 5.92 Å². The predicted octanol–water partition coefficient (Wildman–Crippen LogP) is 3.61. The lowest BCUT2D eigenvalue weighted by atomic mass is 10.0. The molecule has 0 aliphatic carbocycles. The first-order valence-electron chi connectivity index (χ1n) is 7.75. The van der Waals surface area contributed by atoms with Crippen molar-refractivity contribution in [2.45, 2.75) is 53.1 Å². The summed E-state index contributed by atoms with van der Waals surface area (Å²) >= 11 is 0. The molecule has 0 atom stereocenters. The fourth-order valence-corrected chi connectivity index (χ4v) is 2.85. The number of benzene rings is 1. The second-order valence-electron chi connectivity index (χ2n) is 5.98. The van der Waals surface area contributed by atoms with Crippen LogP contribution in [0.15, 0.2) is 18.2 Å². The lowest BCUT2D eigenvalue weighted by Gasteiger charge is -2.32. The topological polar surface area (TPSA) is 66.6 Å². The Bertz CT molecular complexity index is 468. The third-order valence-corrected chi connectivity index (χ3v) is 3.83. The van der Waals surface area contributed by atoms with E-state index in [9.17, 15) is 9.90 Å². The van der Waals surface area contributed by atoms with E-state index in [2.05, 4.69) is 32.6 Å². The smallest absolute Gasteiger partial charge is 0.338 e. The number of nitrogen functional groups attached to an aromatic ring is 1. The maximum atomic E-state index is 11.5. The molecule has 4 heteroatoms. The number of hydrogen-bond acceptors (Lipinski definition) is 3. The van der Waals surface area contributed by atoms with Gasteiger partial charge in [0.15, 0.2) is 0 Å². The maximum absolute atomic E-state index is 11.5. The summed E-state index contributed by atoms with van der Waals surface area (Å²) in [6, 6.07) is 5.82. The number of carbonyl (C=O) groups is 1.